The maximum Gasteiger partial charge on any atom is 0.472 e. The summed E-state index contributed by atoms with van der Waals surface area (Å²) in [4.78, 5) is 9.33. The lowest BCUT2D eigenvalue weighted by atomic mass is 9.92. The van der Waals surface area contributed by atoms with E-state index in [1.807, 2.05) is 0 Å². The van der Waals surface area contributed by atoms with Gasteiger partial charge in [-0.3, -0.25) is 9.05 Å². The van der Waals surface area contributed by atoms with E-state index in [1.54, 1.807) is 0 Å². The number of phosphoric ester groups is 1. The highest BCUT2D eigenvalue weighted by atomic mass is 31.2. The van der Waals surface area contributed by atoms with Crippen LogP contribution in [0.15, 0.2) is 0 Å². The zero-order valence-electron chi connectivity index (χ0n) is 9.57. The van der Waals surface area contributed by atoms with E-state index in [4.69, 9.17) is 26.6 Å². The van der Waals surface area contributed by atoms with Crippen LogP contribution >= 0.6 is 7.82 Å². The van der Waals surface area contributed by atoms with Crippen molar-refractivity contribution in [3.05, 3.63) is 0 Å². The van der Waals surface area contributed by atoms with Gasteiger partial charge < -0.3 is 19.1 Å². The summed E-state index contributed by atoms with van der Waals surface area (Å²) in [5.74, 6) is 0. The minimum Gasteiger partial charge on any atom is -0.381 e. The molecule has 9 heteroatoms. The molecule has 5 atom stereocenters. The Morgan fingerprint density at radius 3 is 2.82 bits per heavy atom. The Balaban J connectivity index is 2.18. The lowest BCUT2D eigenvalue weighted by molar-refractivity contribution is -0.141. The molecule has 2 unspecified atom stereocenters. The molecule has 7 nitrogen and oxygen atoms in total. The van der Waals surface area contributed by atoms with Crippen molar-refractivity contribution < 1.29 is 32.7 Å². The molecular formula is C8H14BO7P. The van der Waals surface area contributed by atoms with E-state index in [0.717, 1.165) is 7.11 Å². The molecule has 2 bridgehead atoms. The summed E-state index contributed by atoms with van der Waals surface area (Å²) < 4.78 is 36.8. The monoisotopic (exact) mass is 264 g/mol. The quantitative estimate of drug-likeness (QED) is 0.525. The molecule has 0 aromatic carbocycles. The predicted octanol–water partition coefficient (Wildman–Crippen LogP) is -0.573. The summed E-state index contributed by atoms with van der Waals surface area (Å²) in [7, 11) is 4.14. The summed E-state index contributed by atoms with van der Waals surface area (Å²) in [6, 6.07) is -0.708. The molecule has 2 aliphatic heterocycles. The van der Waals surface area contributed by atoms with Crippen LogP contribution < -0.4 is 0 Å². The number of ether oxygens (including phenoxy) is 3. The standard InChI is InChI=1S/C8H14BO7P/c1-12-3-8-4-14-5(7(9)15-8)6(8)16-17(10,11)13-2/h5-7H,3-4H2,1-2H3,(H,10,11)/t5-,6?,7+,8-/m0/s1. The van der Waals surface area contributed by atoms with E-state index in [-0.39, 0.29) is 13.2 Å². The number of hydrogen-bond acceptors (Lipinski definition) is 6. The number of hydrogen-bond donors (Lipinski definition) is 1. The Hall–Kier alpha value is 0.0549. The van der Waals surface area contributed by atoms with Gasteiger partial charge in [0, 0.05) is 20.2 Å². The molecule has 17 heavy (non-hydrogen) atoms. The average molecular weight is 264 g/mol. The minimum absolute atomic E-state index is 0.158. The zero-order valence-corrected chi connectivity index (χ0v) is 10.5. The largest absolute Gasteiger partial charge is 0.472 e. The number of fused-ring (bicyclic) bond motifs is 2. The molecular weight excluding hydrogens is 250 g/mol. The number of phosphoric acid groups is 1. The van der Waals surface area contributed by atoms with E-state index in [2.05, 4.69) is 4.52 Å². The second kappa shape index (κ2) is 4.62. The molecule has 96 valence electrons. The van der Waals surface area contributed by atoms with Gasteiger partial charge in [-0.15, -0.1) is 0 Å². The van der Waals surface area contributed by atoms with Gasteiger partial charge in [-0.2, -0.15) is 0 Å². The third-order valence-corrected chi connectivity index (χ3v) is 3.85. The molecule has 0 saturated carbocycles. The van der Waals surface area contributed by atoms with Gasteiger partial charge in [0.1, 0.15) is 25.7 Å². The molecule has 0 aliphatic carbocycles. The normalized spacial score (nSPS) is 43.8. The van der Waals surface area contributed by atoms with Gasteiger partial charge in [-0.1, -0.05) is 0 Å². The Kier molecular flexibility index (Phi) is 3.67. The van der Waals surface area contributed by atoms with Gasteiger partial charge >= 0.3 is 7.82 Å². The van der Waals surface area contributed by atoms with Crippen LogP contribution in [0.1, 0.15) is 0 Å². The molecule has 2 saturated heterocycles. The first-order chi connectivity index (χ1) is 7.94. The van der Waals surface area contributed by atoms with E-state index < -0.39 is 31.6 Å². The molecule has 0 aromatic rings. The first-order valence-electron chi connectivity index (χ1n) is 5.05. The molecule has 2 fully saturated rings. The van der Waals surface area contributed by atoms with Crippen molar-refractivity contribution in [3.8, 4) is 0 Å². The van der Waals surface area contributed by atoms with Crippen molar-refractivity contribution in [1.29, 1.82) is 0 Å². The van der Waals surface area contributed by atoms with Crippen molar-refractivity contribution in [3.63, 3.8) is 0 Å². The van der Waals surface area contributed by atoms with E-state index >= 15 is 0 Å². The van der Waals surface area contributed by atoms with Crippen molar-refractivity contribution in [2.45, 2.75) is 23.8 Å². The fourth-order valence-electron chi connectivity index (χ4n) is 2.16. The molecule has 0 amide bonds. The third-order valence-electron chi connectivity index (χ3n) is 2.90. The second-order valence-corrected chi connectivity index (χ2v) is 5.55. The minimum atomic E-state index is -4.12. The molecule has 2 aliphatic rings. The summed E-state index contributed by atoms with van der Waals surface area (Å²) in [5.41, 5.74) is -0.949. The number of methoxy groups -OCH3 is 1. The van der Waals surface area contributed by atoms with Crippen molar-refractivity contribution >= 4 is 15.7 Å². The Morgan fingerprint density at radius 1 is 1.59 bits per heavy atom. The molecule has 0 aromatic heterocycles. The van der Waals surface area contributed by atoms with Gasteiger partial charge in [0.05, 0.1) is 13.2 Å². The Morgan fingerprint density at radius 2 is 2.29 bits per heavy atom. The van der Waals surface area contributed by atoms with Gasteiger partial charge in [0.2, 0.25) is 0 Å². The van der Waals surface area contributed by atoms with Gasteiger partial charge in [0.25, 0.3) is 0 Å². The van der Waals surface area contributed by atoms with Crippen LogP contribution in [0.4, 0.5) is 0 Å². The fraction of sp³-hybridized carbons (Fsp3) is 1.00. The highest BCUT2D eigenvalue weighted by Gasteiger charge is 2.62. The first-order valence-corrected chi connectivity index (χ1v) is 6.54. The van der Waals surface area contributed by atoms with Crippen LogP contribution in [-0.4, -0.2) is 64.0 Å². The average Bonchev–Trinajstić information content (AvgIpc) is 2.69. The molecule has 0 spiro atoms. The fourth-order valence-corrected chi connectivity index (χ4v) is 2.84. The molecule has 2 heterocycles. The lowest BCUT2D eigenvalue weighted by Crippen LogP contribution is -2.45. The summed E-state index contributed by atoms with van der Waals surface area (Å²) in [6.45, 7) is 0.360. The highest BCUT2D eigenvalue weighted by molar-refractivity contribution is 7.47. The van der Waals surface area contributed by atoms with Crippen LogP contribution in [0, 0.1) is 0 Å². The topological polar surface area (TPSA) is 83.5 Å². The van der Waals surface area contributed by atoms with Crippen LogP contribution in [0.3, 0.4) is 0 Å². The predicted molar refractivity (Wildman–Crippen MR) is 56.7 cm³/mol. The highest BCUT2D eigenvalue weighted by Crippen LogP contribution is 2.51. The van der Waals surface area contributed by atoms with Gasteiger partial charge in [-0.25, -0.2) is 4.57 Å². The van der Waals surface area contributed by atoms with Gasteiger partial charge in [-0.05, 0) is 0 Å². The second-order valence-electron chi connectivity index (χ2n) is 4.03. The summed E-state index contributed by atoms with van der Waals surface area (Å²) >= 11 is 0. The smallest absolute Gasteiger partial charge is 0.381 e. The summed E-state index contributed by atoms with van der Waals surface area (Å²) in [5, 5.41) is 0. The SMILES string of the molecule is [B][C@@H]1O[C@@]2(COC)CO[C@H]1C2OP(=O)(O)OC. The van der Waals surface area contributed by atoms with Crippen LogP contribution in [-0.2, 0) is 27.8 Å². The maximum atomic E-state index is 11.4. The number of rotatable bonds is 5. The van der Waals surface area contributed by atoms with Gasteiger partial charge in [0.15, 0.2) is 0 Å². The van der Waals surface area contributed by atoms with E-state index in [0.29, 0.717) is 0 Å². The van der Waals surface area contributed by atoms with E-state index in [1.165, 1.54) is 7.11 Å². The van der Waals surface area contributed by atoms with E-state index in [9.17, 15) is 9.46 Å². The Labute approximate surface area is 100 Å². The Bertz CT molecular complexity index is 340. The summed E-state index contributed by atoms with van der Waals surface area (Å²) in [6.07, 6.45) is -1.38. The molecule has 2 radical (unpaired) electrons. The lowest BCUT2D eigenvalue weighted by Gasteiger charge is -2.30. The van der Waals surface area contributed by atoms with Crippen molar-refractivity contribution in [2.24, 2.45) is 0 Å². The first kappa shape index (κ1) is 13.5. The molecule has 2 rings (SSSR count). The van der Waals surface area contributed by atoms with Crippen molar-refractivity contribution in [1.82, 2.24) is 0 Å². The van der Waals surface area contributed by atoms with Crippen LogP contribution in [0.2, 0.25) is 0 Å². The maximum absolute atomic E-state index is 11.4. The van der Waals surface area contributed by atoms with Crippen molar-refractivity contribution in [2.75, 3.05) is 27.4 Å². The molecule has 1 N–H and O–H groups in total. The zero-order chi connectivity index (χ0) is 12.7. The van der Waals surface area contributed by atoms with Crippen LogP contribution in [0.25, 0.3) is 0 Å². The third kappa shape index (κ3) is 2.31. The van der Waals surface area contributed by atoms with Crippen LogP contribution in [0.5, 0.6) is 0 Å².